The summed E-state index contributed by atoms with van der Waals surface area (Å²) in [5.74, 6) is -3.19. The van der Waals surface area contributed by atoms with Crippen molar-refractivity contribution in [1.29, 1.82) is 0 Å². The molecule has 0 aliphatic rings. The predicted octanol–water partition coefficient (Wildman–Crippen LogP) is 4.87. The molecule has 1 aromatic heterocycles. The molecule has 0 radical (unpaired) electrons. The fourth-order valence-electron chi connectivity index (χ4n) is 2.66. The van der Waals surface area contributed by atoms with E-state index in [0.29, 0.717) is 34.4 Å². The molecule has 0 N–H and O–H groups in total. The largest absolute Gasteiger partial charge is 0.474 e. The van der Waals surface area contributed by atoms with E-state index in [0.717, 1.165) is 0 Å². The third-order valence-corrected chi connectivity index (χ3v) is 4.18. The van der Waals surface area contributed by atoms with E-state index in [9.17, 15) is 13.2 Å². The van der Waals surface area contributed by atoms with Gasteiger partial charge in [0.15, 0.2) is 34.6 Å². The van der Waals surface area contributed by atoms with Crippen molar-refractivity contribution in [1.82, 2.24) is 14.8 Å². The lowest BCUT2D eigenvalue weighted by atomic mass is 10.1. The first-order valence-electron chi connectivity index (χ1n) is 7.69. The van der Waals surface area contributed by atoms with E-state index in [4.69, 9.17) is 16.3 Å². The molecule has 26 heavy (non-hydrogen) atoms. The van der Waals surface area contributed by atoms with E-state index in [1.54, 1.807) is 49.7 Å². The summed E-state index contributed by atoms with van der Waals surface area (Å²) in [6.07, 6.45) is 0. The molecule has 0 atom stereocenters. The average molecular weight is 381 g/mol. The minimum Gasteiger partial charge on any atom is -0.474 e. The van der Waals surface area contributed by atoms with Gasteiger partial charge in [0, 0.05) is 24.7 Å². The number of hydrogen-bond donors (Lipinski definition) is 0. The van der Waals surface area contributed by atoms with Crippen molar-refractivity contribution in [3.05, 3.63) is 64.7 Å². The minimum atomic E-state index is -1.25. The summed E-state index contributed by atoms with van der Waals surface area (Å²) >= 11 is 6.19. The molecule has 136 valence electrons. The number of rotatable bonds is 4. The molecule has 4 nitrogen and oxygen atoms in total. The monoisotopic (exact) mass is 380 g/mol. The molecule has 0 aliphatic heterocycles. The van der Waals surface area contributed by atoms with Crippen LogP contribution in [-0.4, -0.2) is 14.8 Å². The van der Waals surface area contributed by atoms with Crippen LogP contribution >= 0.6 is 11.6 Å². The van der Waals surface area contributed by atoms with Gasteiger partial charge < -0.3 is 9.30 Å². The fourth-order valence-corrected chi connectivity index (χ4v) is 2.88. The molecule has 0 saturated carbocycles. The van der Waals surface area contributed by atoms with Crippen LogP contribution in [0.4, 0.5) is 13.2 Å². The van der Waals surface area contributed by atoms with Gasteiger partial charge in [0.2, 0.25) is 0 Å². The molecule has 0 saturated heterocycles. The van der Waals surface area contributed by atoms with Crippen molar-refractivity contribution < 1.29 is 17.9 Å². The van der Waals surface area contributed by atoms with Crippen LogP contribution < -0.4 is 4.74 Å². The number of aromatic nitrogens is 3. The summed E-state index contributed by atoms with van der Waals surface area (Å²) in [6, 6.07) is 8.21. The standard InChI is InChI=1S/C18H15ClF3N3O/c1-18(2,26-15-13(21)8-10(20)9-14(15)22)17-24-23-16(25(17)3)11-6-4-5-7-12(11)19/h4-9H,1-3H3/i21-1. The molecular formula is C18H15ClF3N3O. The van der Waals surface area contributed by atoms with Gasteiger partial charge in [0.05, 0.1) is 5.02 Å². The van der Waals surface area contributed by atoms with E-state index in [-0.39, 0.29) is 0 Å². The Morgan fingerprint density at radius 2 is 1.65 bits per heavy atom. The molecule has 3 rings (SSSR count). The summed E-state index contributed by atoms with van der Waals surface area (Å²) in [6.45, 7) is 3.16. The lowest BCUT2D eigenvalue weighted by Crippen LogP contribution is -2.30. The maximum absolute atomic E-state index is 13.9. The Bertz CT molecular complexity index is 949. The van der Waals surface area contributed by atoms with E-state index in [1.807, 2.05) is 0 Å². The number of ether oxygens (including phenoxy) is 1. The second-order valence-corrected chi connectivity index (χ2v) is 6.60. The molecule has 1 heterocycles. The zero-order chi connectivity index (χ0) is 19.1. The van der Waals surface area contributed by atoms with Crippen molar-refractivity contribution in [3.63, 3.8) is 0 Å². The topological polar surface area (TPSA) is 39.9 Å². The smallest absolute Gasteiger partial charge is 0.192 e. The van der Waals surface area contributed by atoms with Crippen LogP contribution in [0, 0.1) is 17.5 Å². The second kappa shape index (κ2) is 6.64. The zero-order valence-electron chi connectivity index (χ0n) is 14.2. The zero-order valence-corrected chi connectivity index (χ0v) is 15.0. The molecule has 3 aromatic rings. The highest BCUT2D eigenvalue weighted by Gasteiger charge is 2.32. The van der Waals surface area contributed by atoms with Gasteiger partial charge in [-0.25, -0.2) is 13.2 Å². The molecular weight excluding hydrogens is 366 g/mol. The molecule has 0 amide bonds. The Morgan fingerprint density at radius 1 is 1.04 bits per heavy atom. The highest BCUT2D eigenvalue weighted by molar-refractivity contribution is 6.33. The third kappa shape index (κ3) is 3.26. The maximum atomic E-state index is 13.9. The third-order valence-electron chi connectivity index (χ3n) is 3.85. The number of benzene rings is 2. The van der Waals surface area contributed by atoms with Gasteiger partial charge in [-0.3, -0.25) is 0 Å². The Morgan fingerprint density at radius 3 is 2.27 bits per heavy atom. The molecule has 0 bridgehead atoms. The summed E-state index contributed by atoms with van der Waals surface area (Å²) in [4.78, 5) is 0. The Balaban J connectivity index is 2.00. The van der Waals surface area contributed by atoms with Crippen LogP contribution in [0.2, 0.25) is 5.02 Å². The van der Waals surface area contributed by atoms with Crippen LogP contribution in [0.1, 0.15) is 19.7 Å². The first-order chi connectivity index (χ1) is 12.2. The molecule has 0 aliphatic carbocycles. The van der Waals surface area contributed by atoms with Crippen molar-refractivity contribution in [2.24, 2.45) is 7.05 Å². The number of halogens is 4. The van der Waals surface area contributed by atoms with Crippen LogP contribution in [0.25, 0.3) is 11.4 Å². The van der Waals surface area contributed by atoms with Gasteiger partial charge in [-0.1, -0.05) is 23.7 Å². The number of hydrogen-bond acceptors (Lipinski definition) is 3. The SMILES string of the molecule is Cn1c(-c2ccccc2Cl)nnc1C(C)(C)Oc1c(F)cc(F)cc1[18F]. The predicted molar refractivity (Wildman–Crippen MR) is 91.4 cm³/mol. The quantitative estimate of drug-likeness (QED) is 0.648. The highest BCUT2D eigenvalue weighted by Crippen LogP contribution is 2.33. The Kier molecular flexibility index (Phi) is 4.66. The summed E-state index contributed by atoms with van der Waals surface area (Å²) in [7, 11) is 1.69. The van der Waals surface area contributed by atoms with Crippen molar-refractivity contribution >= 4 is 11.6 Å². The summed E-state index contributed by atoms with van der Waals surface area (Å²) in [5, 5.41) is 8.69. The minimum absolute atomic E-state index is 0.315. The lowest BCUT2D eigenvalue weighted by Gasteiger charge is -2.26. The highest BCUT2D eigenvalue weighted by atomic mass is 35.5. The molecule has 0 fully saturated rings. The van der Waals surface area contributed by atoms with Crippen LogP contribution in [-0.2, 0) is 12.6 Å². The van der Waals surface area contributed by atoms with Gasteiger partial charge in [0.25, 0.3) is 0 Å². The van der Waals surface area contributed by atoms with Gasteiger partial charge in [-0.05, 0) is 26.0 Å². The van der Waals surface area contributed by atoms with E-state index in [1.165, 1.54) is 0 Å². The maximum Gasteiger partial charge on any atom is 0.192 e. The summed E-state index contributed by atoms with van der Waals surface area (Å²) in [5.41, 5.74) is -0.591. The van der Waals surface area contributed by atoms with Crippen molar-refractivity contribution in [3.8, 4) is 17.1 Å². The van der Waals surface area contributed by atoms with Crippen LogP contribution in [0.3, 0.4) is 0 Å². The second-order valence-electron chi connectivity index (χ2n) is 6.20. The number of nitrogens with zero attached hydrogens (tertiary/aromatic N) is 3. The van der Waals surface area contributed by atoms with Crippen molar-refractivity contribution in [2.75, 3.05) is 0 Å². The fraction of sp³-hybridized carbons (Fsp3) is 0.222. The normalized spacial score (nSPS) is 11.7. The van der Waals surface area contributed by atoms with Crippen LogP contribution in [0.5, 0.6) is 5.75 Å². The molecule has 8 heteroatoms. The molecule has 2 aromatic carbocycles. The van der Waals surface area contributed by atoms with Gasteiger partial charge >= 0.3 is 0 Å². The average Bonchev–Trinajstić information content (AvgIpc) is 2.94. The Labute approximate surface area is 153 Å². The lowest BCUT2D eigenvalue weighted by molar-refractivity contribution is 0.0833. The van der Waals surface area contributed by atoms with Gasteiger partial charge in [-0.2, -0.15) is 0 Å². The Hall–Kier alpha value is -2.54. The van der Waals surface area contributed by atoms with Gasteiger partial charge in [-0.15, -0.1) is 10.2 Å². The summed E-state index contributed by atoms with van der Waals surface area (Å²) < 4.78 is 48.0. The molecule has 0 spiro atoms. The molecule has 0 unspecified atom stereocenters. The van der Waals surface area contributed by atoms with Gasteiger partial charge in [0.1, 0.15) is 5.82 Å². The first kappa shape index (κ1) is 18.3. The van der Waals surface area contributed by atoms with E-state index >= 15 is 0 Å². The van der Waals surface area contributed by atoms with E-state index in [2.05, 4.69) is 10.2 Å². The first-order valence-corrected chi connectivity index (χ1v) is 8.07. The van der Waals surface area contributed by atoms with Crippen LogP contribution in [0.15, 0.2) is 36.4 Å². The van der Waals surface area contributed by atoms with Crippen molar-refractivity contribution in [2.45, 2.75) is 19.4 Å². The van der Waals surface area contributed by atoms with E-state index < -0.39 is 28.8 Å².